The Morgan fingerprint density at radius 1 is 1.12 bits per heavy atom. The van der Waals surface area contributed by atoms with Crippen molar-refractivity contribution in [2.24, 2.45) is 0 Å². The van der Waals surface area contributed by atoms with Crippen molar-refractivity contribution in [1.29, 1.82) is 0 Å². The first-order valence-electron chi connectivity index (χ1n) is 11.7. The molecule has 2 saturated heterocycles. The van der Waals surface area contributed by atoms with Gasteiger partial charge in [0.15, 0.2) is 6.29 Å². The van der Waals surface area contributed by atoms with Crippen LogP contribution in [-0.2, 0) is 23.9 Å². The molecule has 0 bridgehead atoms. The second-order valence-electron chi connectivity index (χ2n) is 8.43. The lowest BCUT2D eigenvalue weighted by atomic mass is 9.94. The Kier molecular flexibility index (Phi) is 8.46. The molecule has 1 amide bonds. The molecule has 2 aliphatic rings. The minimum Gasteiger partial charge on any atom is -0.427 e. The number of rotatable bonds is 8. The van der Waals surface area contributed by atoms with Crippen LogP contribution in [0.25, 0.3) is 10.4 Å². The first-order valence-corrected chi connectivity index (χ1v) is 13.5. The van der Waals surface area contributed by atoms with Crippen LogP contribution in [0.5, 0.6) is 5.75 Å². The van der Waals surface area contributed by atoms with Crippen LogP contribution in [0.15, 0.2) is 36.4 Å². The van der Waals surface area contributed by atoms with Gasteiger partial charge in [-0.15, -0.1) is 23.1 Å². The molecule has 1 aromatic heterocycles. The van der Waals surface area contributed by atoms with Gasteiger partial charge in [-0.25, -0.2) is 10.3 Å². The Hall–Kier alpha value is -1.87. The molecule has 0 saturated carbocycles. The highest BCUT2D eigenvalue weighted by atomic mass is 32.2. The molecule has 0 spiro atoms. The predicted octanol–water partition coefficient (Wildman–Crippen LogP) is 5.81. The highest BCUT2D eigenvalue weighted by Gasteiger charge is 2.38. The Morgan fingerprint density at radius 2 is 1.97 bits per heavy atom. The maximum Gasteiger partial charge on any atom is 0.310 e. The van der Waals surface area contributed by atoms with Crippen molar-refractivity contribution in [3.63, 3.8) is 0 Å². The zero-order valence-corrected chi connectivity index (χ0v) is 20.6. The third kappa shape index (κ3) is 6.38. The number of carbonyl (C=O) groups excluding carboxylic acids is 2. The Balaban J connectivity index is 1.44. The molecule has 1 N–H and O–H groups in total. The maximum absolute atomic E-state index is 12.8. The molecule has 8 heteroatoms. The lowest BCUT2D eigenvalue weighted by Crippen LogP contribution is -2.37. The number of hydrogen-bond acceptors (Lipinski definition) is 7. The van der Waals surface area contributed by atoms with Gasteiger partial charge >= 0.3 is 5.97 Å². The maximum atomic E-state index is 12.8. The van der Waals surface area contributed by atoms with E-state index in [0.29, 0.717) is 25.2 Å². The summed E-state index contributed by atoms with van der Waals surface area (Å²) >= 11 is 3.61. The summed E-state index contributed by atoms with van der Waals surface area (Å²) in [5.74, 6) is 1.26. The van der Waals surface area contributed by atoms with E-state index in [0.717, 1.165) is 48.3 Å². The second kappa shape index (κ2) is 11.5. The van der Waals surface area contributed by atoms with Gasteiger partial charge in [-0.2, -0.15) is 0 Å². The number of ether oxygens (including phenoxy) is 2. The van der Waals surface area contributed by atoms with Crippen LogP contribution < -0.4 is 10.2 Å². The fourth-order valence-electron chi connectivity index (χ4n) is 4.13. The Labute approximate surface area is 203 Å². The average molecular weight is 490 g/mol. The Bertz CT molecular complexity index is 931. The van der Waals surface area contributed by atoms with E-state index in [9.17, 15) is 9.59 Å². The Morgan fingerprint density at radius 3 is 2.67 bits per heavy atom. The van der Waals surface area contributed by atoms with E-state index in [1.165, 1.54) is 11.3 Å². The third-order valence-corrected chi connectivity index (χ3v) is 9.04. The second-order valence-corrected chi connectivity index (χ2v) is 11.0. The predicted molar refractivity (Wildman–Crippen MR) is 131 cm³/mol. The van der Waals surface area contributed by atoms with Crippen LogP contribution in [0.1, 0.15) is 63.2 Å². The summed E-state index contributed by atoms with van der Waals surface area (Å²) in [6, 6.07) is 11.9. The molecular formula is C25H31NO5S2. The van der Waals surface area contributed by atoms with Crippen molar-refractivity contribution in [1.82, 2.24) is 5.48 Å². The molecule has 1 aromatic carbocycles. The number of nitrogens with one attached hydrogen (secondary N) is 1. The van der Waals surface area contributed by atoms with Crippen molar-refractivity contribution in [2.75, 3.05) is 12.4 Å². The lowest BCUT2D eigenvalue weighted by molar-refractivity contribution is -0.200. The summed E-state index contributed by atoms with van der Waals surface area (Å²) < 4.78 is 10.6. The van der Waals surface area contributed by atoms with E-state index < -0.39 is 0 Å². The molecule has 0 aliphatic carbocycles. The number of hydroxylamine groups is 1. The van der Waals surface area contributed by atoms with Crippen LogP contribution in [-0.4, -0.2) is 30.5 Å². The molecule has 2 aromatic rings. The lowest BCUT2D eigenvalue weighted by Gasteiger charge is -2.35. The third-order valence-electron chi connectivity index (χ3n) is 5.96. The number of hydrogen-bond donors (Lipinski definition) is 1. The number of thioether (sulfide) groups is 1. The quantitative estimate of drug-likeness (QED) is 0.287. The van der Waals surface area contributed by atoms with Crippen LogP contribution in [0, 0.1) is 0 Å². The van der Waals surface area contributed by atoms with Crippen molar-refractivity contribution >= 4 is 35.0 Å². The largest absolute Gasteiger partial charge is 0.427 e. The topological polar surface area (TPSA) is 73.9 Å². The standard InChI is InChI=1S/C25H31NO5S2/c1-2-23(28)30-19-10-8-18(9-11-19)20-12-13-21(33-20)25(14-4-6-16-32-25)17-22(27)26-31-24-7-3-5-15-29-24/h8-13,24H,2-7,14-17H2,1H3,(H,26,27)/t24?,25-/m0/s1. The summed E-state index contributed by atoms with van der Waals surface area (Å²) in [4.78, 5) is 32.2. The van der Waals surface area contributed by atoms with E-state index in [1.807, 2.05) is 36.0 Å². The summed E-state index contributed by atoms with van der Waals surface area (Å²) in [5, 5.41) is 0. The molecule has 2 atom stereocenters. The molecule has 3 heterocycles. The monoisotopic (exact) mass is 489 g/mol. The average Bonchev–Trinajstić information content (AvgIpc) is 3.36. The minimum absolute atomic E-state index is 0.101. The van der Waals surface area contributed by atoms with Crippen LogP contribution in [0.2, 0.25) is 0 Å². The summed E-state index contributed by atoms with van der Waals surface area (Å²) in [7, 11) is 0. The molecule has 1 unspecified atom stereocenters. The van der Waals surface area contributed by atoms with Crippen LogP contribution in [0.4, 0.5) is 0 Å². The van der Waals surface area contributed by atoms with Crippen molar-refractivity contribution < 1.29 is 23.9 Å². The molecule has 33 heavy (non-hydrogen) atoms. The summed E-state index contributed by atoms with van der Waals surface area (Å²) in [5.41, 5.74) is 3.72. The molecule has 0 radical (unpaired) electrons. The summed E-state index contributed by atoms with van der Waals surface area (Å²) in [6.07, 6.45) is 6.56. The van der Waals surface area contributed by atoms with E-state index in [1.54, 1.807) is 18.3 Å². The van der Waals surface area contributed by atoms with Gasteiger partial charge < -0.3 is 9.47 Å². The van der Waals surface area contributed by atoms with Gasteiger partial charge in [-0.1, -0.05) is 13.3 Å². The van der Waals surface area contributed by atoms with Gasteiger partial charge in [-0.3, -0.25) is 9.59 Å². The van der Waals surface area contributed by atoms with Gasteiger partial charge in [0.2, 0.25) is 5.91 Å². The molecular weight excluding hydrogens is 458 g/mol. The van der Waals surface area contributed by atoms with Gasteiger partial charge in [0.25, 0.3) is 0 Å². The molecule has 178 valence electrons. The smallest absolute Gasteiger partial charge is 0.310 e. The van der Waals surface area contributed by atoms with E-state index in [2.05, 4.69) is 17.6 Å². The zero-order chi connectivity index (χ0) is 23.1. The van der Waals surface area contributed by atoms with Gasteiger partial charge in [-0.05, 0) is 73.4 Å². The van der Waals surface area contributed by atoms with Gasteiger partial charge in [0.05, 0.1) is 4.75 Å². The fourth-order valence-corrected chi connectivity index (χ4v) is 7.03. The van der Waals surface area contributed by atoms with Gasteiger partial charge in [0, 0.05) is 35.6 Å². The normalized spacial score (nSPS) is 23.1. The SMILES string of the molecule is CCC(=O)Oc1ccc(-c2ccc([C@@]3(CC(=O)NOC4CCCCO4)CCCCS3)s2)cc1. The molecule has 4 rings (SSSR count). The number of benzene rings is 1. The van der Waals surface area contributed by atoms with Crippen molar-refractivity contribution in [3.05, 3.63) is 41.3 Å². The highest BCUT2D eigenvalue weighted by molar-refractivity contribution is 8.00. The first kappa shape index (κ1) is 24.3. The molecule has 2 aliphatic heterocycles. The molecule has 2 fully saturated rings. The van der Waals surface area contributed by atoms with Gasteiger partial charge in [0.1, 0.15) is 5.75 Å². The number of thiophene rings is 1. The molecule has 6 nitrogen and oxygen atoms in total. The fraction of sp³-hybridized carbons (Fsp3) is 0.520. The number of amides is 1. The summed E-state index contributed by atoms with van der Waals surface area (Å²) in [6.45, 7) is 2.46. The van der Waals surface area contributed by atoms with Crippen LogP contribution >= 0.6 is 23.1 Å². The van der Waals surface area contributed by atoms with E-state index in [4.69, 9.17) is 14.3 Å². The number of esters is 1. The first-order chi connectivity index (χ1) is 16.1. The van der Waals surface area contributed by atoms with E-state index in [-0.39, 0.29) is 22.9 Å². The minimum atomic E-state index is -0.342. The highest BCUT2D eigenvalue weighted by Crippen LogP contribution is 2.50. The zero-order valence-electron chi connectivity index (χ0n) is 19.0. The van der Waals surface area contributed by atoms with E-state index >= 15 is 0 Å². The van der Waals surface area contributed by atoms with Crippen LogP contribution in [0.3, 0.4) is 0 Å². The van der Waals surface area contributed by atoms with Crippen molar-refractivity contribution in [3.8, 4) is 16.2 Å². The van der Waals surface area contributed by atoms with Crippen molar-refractivity contribution in [2.45, 2.75) is 69.3 Å². The number of carbonyl (C=O) groups is 2.